The molecule has 0 heterocycles. The van der Waals surface area contributed by atoms with E-state index in [9.17, 15) is 9.59 Å². The van der Waals surface area contributed by atoms with E-state index in [0.29, 0.717) is 45.5 Å². The highest BCUT2D eigenvalue weighted by molar-refractivity contribution is 6.13. The minimum Gasteiger partial charge on any atom is -0.457 e. The van der Waals surface area contributed by atoms with E-state index in [1.165, 1.54) is 0 Å². The number of benzene rings is 8. The molecule has 8 aromatic rings. The van der Waals surface area contributed by atoms with Crippen LogP contribution in [0.5, 0.6) is 23.0 Å². The van der Waals surface area contributed by atoms with Crippen molar-refractivity contribution >= 4 is 44.7 Å². The highest BCUT2D eigenvalue weighted by atomic mass is 16.5. The number of nitrogens with one attached hydrogen (secondary N) is 2. The molecule has 268 valence electrons. The van der Waals surface area contributed by atoms with E-state index in [4.69, 9.17) is 9.47 Å². The average Bonchev–Trinajstić information content (AvgIpc) is 3.21. The Kier molecular flexibility index (Phi) is 9.54. The summed E-state index contributed by atoms with van der Waals surface area (Å²) >= 11 is 0. The van der Waals surface area contributed by atoms with Crippen LogP contribution in [0.3, 0.4) is 0 Å². The van der Waals surface area contributed by atoms with E-state index in [1.807, 2.05) is 164 Å². The first kappa shape index (κ1) is 34.9. The fourth-order valence-electron chi connectivity index (χ4n) is 6.85. The average molecular weight is 719 g/mol. The van der Waals surface area contributed by atoms with Crippen LogP contribution in [0.15, 0.2) is 182 Å². The van der Waals surface area contributed by atoms with E-state index in [0.717, 1.165) is 32.7 Å². The summed E-state index contributed by atoms with van der Waals surface area (Å²) in [5, 5.41) is 9.89. The van der Waals surface area contributed by atoms with Gasteiger partial charge in [0.25, 0.3) is 11.8 Å². The van der Waals surface area contributed by atoms with Gasteiger partial charge >= 0.3 is 0 Å². The van der Waals surface area contributed by atoms with Gasteiger partial charge in [0.2, 0.25) is 0 Å². The van der Waals surface area contributed by atoms with Crippen molar-refractivity contribution in [3.05, 3.63) is 204 Å². The van der Waals surface area contributed by atoms with Crippen LogP contribution in [0.4, 0.5) is 11.4 Å². The lowest BCUT2D eigenvalue weighted by Gasteiger charge is -2.27. The van der Waals surface area contributed by atoms with Crippen LogP contribution in [0.1, 0.15) is 45.7 Å². The van der Waals surface area contributed by atoms with Gasteiger partial charge in [0.05, 0.1) is 0 Å². The number of ether oxygens (including phenoxy) is 2. The molecule has 6 heteroatoms. The quantitative estimate of drug-likeness (QED) is 0.148. The predicted octanol–water partition coefficient (Wildman–Crippen LogP) is 12.4. The zero-order valence-corrected chi connectivity index (χ0v) is 30.5. The second-order valence-electron chi connectivity index (χ2n) is 13.9. The molecule has 0 bridgehead atoms. The summed E-state index contributed by atoms with van der Waals surface area (Å²) in [4.78, 5) is 26.5. The van der Waals surface area contributed by atoms with Crippen molar-refractivity contribution in [2.45, 2.75) is 19.3 Å². The second-order valence-corrected chi connectivity index (χ2v) is 13.9. The Morgan fingerprint density at radius 2 is 0.855 bits per heavy atom. The molecule has 2 N–H and O–H groups in total. The van der Waals surface area contributed by atoms with Gasteiger partial charge in [-0.1, -0.05) is 123 Å². The molecule has 0 fully saturated rings. The molecule has 0 aliphatic carbocycles. The zero-order valence-electron chi connectivity index (χ0n) is 30.5. The minimum absolute atomic E-state index is 0.176. The number of hydrogen-bond donors (Lipinski definition) is 2. The molecule has 0 saturated carbocycles. The number of anilines is 2. The molecule has 8 aromatic carbocycles. The Balaban J connectivity index is 0.924. The van der Waals surface area contributed by atoms with Crippen molar-refractivity contribution in [2.24, 2.45) is 0 Å². The van der Waals surface area contributed by atoms with Crippen LogP contribution < -0.4 is 20.1 Å². The lowest BCUT2D eigenvalue weighted by Crippen LogP contribution is -2.18. The first-order valence-electron chi connectivity index (χ1n) is 18.2. The molecule has 6 nitrogen and oxygen atoms in total. The lowest BCUT2D eigenvalue weighted by atomic mass is 9.78. The summed E-state index contributed by atoms with van der Waals surface area (Å²) < 4.78 is 12.5. The fourth-order valence-corrected chi connectivity index (χ4v) is 6.85. The summed E-state index contributed by atoms with van der Waals surface area (Å²) in [6, 6.07) is 58.1. The standard InChI is InChI=1S/C49H38N2O4/c1-49(2,35-26-28-39(29-27-35)54-41-20-10-17-37(31-41)50-47(52)45-24-7-14-33-12-3-5-22-43(33)45)36-16-9-19-40(30-36)55-42-21-11-18-38(32-42)51-48(53)46-25-8-15-34-13-4-6-23-44(34)46/h3-32H,1-2H3,(H,50,52)(H,51,53). The Labute approximate surface area is 320 Å². The highest BCUT2D eigenvalue weighted by Crippen LogP contribution is 2.36. The topological polar surface area (TPSA) is 76.7 Å². The third kappa shape index (κ3) is 7.66. The van der Waals surface area contributed by atoms with Crippen molar-refractivity contribution < 1.29 is 19.1 Å². The van der Waals surface area contributed by atoms with Crippen LogP contribution in [0.25, 0.3) is 21.5 Å². The smallest absolute Gasteiger partial charge is 0.256 e. The summed E-state index contributed by atoms with van der Waals surface area (Å²) in [6.45, 7) is 4.35. The molecule has 0 spiro atoms. The number of fused-ring (bicyclic) bond motifs is 2. The van der Waals surface area contributed by atoms with Gasteiger partial charge in [-0.25, -0.2) is 0 Å². The molecule has 0 aliphatic heterocycles. The Hall–Kier alpha value is -7.18. The van der Waals surface area contributed by atoms with E-state index in [1.54, 1.807) is 0 Å². The normalized spacial score (nSPS) is 11.2. The molecule has 0 atom stereocenters. The summed E-state index contributed by atoms with van der Waals surface area (Å²) in [5.74, 6) is 2.25. The van der Waals surface area contributed by atoms with Crippen LogP contribution in [-0.4, -0.2) is 11.8 Å². The maximum atomic E-state index is 13.3. The first-order valence-corrected chi connectivity index (χ1v) is 18.2. The number of carbonyl (C=O) groups is 2. The van der Waals surface area contributed by atoms with Gasteiger partial charge in [0.1, 0.15) is 23.0 Å². The Bertz CT molecular complexity index is 2670. The van der Waals surface area contributed by atoms with Gasteiger partial charge in [-0.15, -0.1) is 0 Å². The monoisotopic (exact) mass is 718 g/mol. The van der Waals surface area contributed by atoms with Gasteiger partial charge in [-0.2, -0.15) is 0 Å². The predicted molar refractivity (Wildman–Crippen MR) is 222 cm³/mol. The van der Waals surface area contributed by atoms with E-state index in [-0.39, 0.29) is 17.2 Å². The van der Waals surface area contributed by atoms with Gasteiger partial charge in [-0.3, -0.25) is 9.59 Å². The molecular formula is C49H38N2O4. The van der Waals surface area contributed by atoms with Crippen molar-refractivity contribution in [3.63, 3.8) is 0 Å². The van der Waals surface area contributed by atoms with Crippen LogP contribution >= 0.6 is 0 Å². The van der Waals surface area contributed by atoms with Gasteiger partial charge < -0.3 is 20.1 Å². The first-order chi connectivity index (χ1) is 26.8. The van der Waals surface area contributed by atoms with Gasteiger partial charge in [-0.05, 0) is 93.3 Å². The number of hydrogen-bond acceptors (Lipinski definition) is 4. The van der Waals surface area contributed by atoms with Crippen LogP contribution in [0.2, 0.25) is 0 Å². The Morgan fingerprint density at radius 3 is 1.40 bits per heavy atom. The second kappa shape index (κ2) is 15.0. The SMILES string of the molecule is CC(C)(c1ccc(Oc2cccc(NC(=O)c3cccc4ccccc34)c2)cc1)c1cccc(Oc2cccc(NC(=O)c3cccc4ccccc34)c2)c1. The molecule has 0 radical (unpaired) electrons. The lowest BCUT2D eigenvalue weighted by molar-refractivity contribution is 0.102. The minimum atomic E-state index is -0.349. The number of amides is 2. The molecule has 2 amide bonds. The maximum Gasteiger partial charge on any atom is 0.256 e. The number of carbonyl (C=O) groups excluding carboxylic acids is 2. The summed E-state index contributed by atoms with van der Waals surface area (Å²) in [7, 11) is 0. The van der Waals surface area contributed by atoms with Crippen molar-refractivity contribution in [3.8, 4) is 23.0 Å². The molecule has 0 saturated heterocycles. The molecule has 0 aromatic heterocycles. The molecule has 0 unspecified atom stereocenters. The maximum absolute atomic E-state index is 13.3. The zero-order chi connectivity index (χ0) is 37.8. The molecule has 0 aliphatic rings. The van der Waals surface area contributed by atoms with Crippen LogP contribution in [-0.2, 0) is 5.41 Å². The summed E-state index contributed by atoms with van der Waals surface area (Å²) in [6.07, 6.45) is 0. The molecule has 55 heavy (non-hydrogen) atoms. The van der Waals surface area contributed by atoms with Crippen molar-refractivity contribution in [1.29, 1.82) is 0 Å². The fraction of sp³-hybridized carbons (Fsp3) is 0.0612. The molecular weight excluding hydrogens is 681 g/mol. The van der Waals surface area contributed by atoms with E-state index < -0.39 is 0 Å². The Morgan fingerprint density at radius 1 is 0.418 bits per heavy atom. The van der Waals surface area contributed by atoms with Crippen molar-refractivity contribution in [2.75, 3.05) is 10.6 Å². The molecule has 8 rings (SSSR count). The van der Waals surface area contributed by atoms with Gasteiger partial charge in [0.15, 0.2) is 0 Å². The largest absolute Gasteiger partial charge is 0.457 e. The highest BCUT2D eigenvalue weighted by Gasteiger charge is 2.24. The van der Waals surface area contributed by atoms with Gasteiger partial charge in [0, 0.05) is 40.0 Å². The third-order valence-electron chi connectivity index (χ3n) is 9.86. The third-order valence-corrected chi connectivity index (χ3v) is 9.86. The van der Waals surface area contributed by atoms with E-state index >= 15 is 0 Å². The van der Waals surface area contributed by atoms with E-state index in [2.05, 4.69) is 42.7 Å². The van der Waals surface area contributed by atoms with Crippen molar-refractivity contribution in [1.82, 2.24) is 0 Å². The van der Waals surface area contributed by atoms with Crippen LogP contribution in [0, 0.1) is 0 Å². The summed E-state index contributed by atoms with van der Waals surface area (Å²) in [5.41, 5.74) is 4.36. The number of rotatable bonds is 10.